The van der Waals surface area contributed by atoms with E-state index in [9.17, 15) is 9.90 Å². The Bertz CT molecular complexity index is 762. The number of carbonyl (C=O) groups excluding carboxylic acids is 1. The van der Waals surface area contributed by atoms with Gasteiger partial charge >= 0.3 is 0 Å². The van der Waals surface area contributed by atoms with Crippen LogP contribution in [-0.4, -0.2) is 30.9 Å². The summed E-state index contributed by atoms with van der Waals surface area (Å²) >= 11 is 5.95. The summed E-state index contributed by atoms with van der Waals surface area (Å²) in [6.45, 7) is 2.36. The Kier molecular flexibility index (Phi) is 6.03. The maximum Gasteiger partial charge on any atom is 0.275 e. The minimum Gasteiger partial charge on any atom is -0.507 e. The molecule has 0 bridgehead atoms. The molecule has 0 fully saturated rings. The molecular formula is C17H17ClN2O4. The fourth-order valence-corrected chi connectivity index (χ4v) is 2.14. The number of hydrazone groups is 1. The highest BCUT2D eigenvalue weighted by atomic mass is 35.5. The number of nitrogens with one attached hydrogen (secondary N) is 1. The van der Waals surface area contributed by atoms with Crippen molar-refractivity contribution in [3.63, 3.8) is 0 Å². The number of methoxy groups -OCH3 is 1. The predicted octanol–water partition coefficient (Wildman–Crippen LogP) is 3.22. The van der Waals surface area contributed by atoms with Crippen LogP contribution >= 0.6 is 11.6 Å². The number of phenols is 1. The average Bonchev–Trinajstić information content (AvgIpc) is 2.57. The molecule has 0 unspecified atom stereocenters. The highest BCUT2D eigenvalue weighted by Crippen LogP contribution is 2.23. The van der Waals surface area contributed by atoms with E-state index in [1.54, 1.807) is 24.3 Å². The van der Waals surface area contributed by atoms with Crippen molar-refractivity contribution in [1.29, 1.82) is 0 Å². The van der Waals surface area contributed by atoms with Gasteiger partial charge in [0.05, 0.1) is 25.5 Å². The van der Waals surface area contributed by atoms with Gasteiger partial charge in [-0.05, 0) is 37.3 Å². The molecule has 0 spiro atoms. The first kappa shape index (κ1) is 17.6. The van der Waals surface area contributed by atoms with E-state index in [0.29, 0.717) is 28.7 Å². The van der Waals surface area contributed by atoms with Crippen molar-refractivity contribution in [2.24, 2.45) is 5.10 Å². The van der Waals surface area contributed by atoms with E-state index in [0.717, 1.165) is 0 Å². The third-order valence-electron chi connectivity index (χ3n) is 3.09. The number of aromatic hydroxyl groups is 1. The fraction of sp³-hybridized carbons (Fsp3) is 0.176. The smallest absolute Gasteiger partial charge is 0.275 e. The highest BCUT2D eigenvalue weighted by molar-refractivity contribution is 6.30. The lowest BCUT2D eigenvalue weighted by atomic mass is 10.2. The topological polar surface area (TPSA) is 80.2 Å². The van der Waals surface area contributed by atoms with Gasteiger partial charge in [-0.3, -0.25) is 4.79 Å². The monoisotopic (exact) mass is 348 g/mol. The molecule has 0 radical (unpaired) electrons. The standard InChI is InChI=1S/C17H17ClN2O4/c1-3-24-16-7-4-12(18)8-11(16)10-19-20-17(22)14-6-5-13(23-2)9-15(14)21/h4-10,21H,3H2,1-2H3,(H,20,22)/b19-10-. The van der Waals surface area contributed by atoms with Crippen LogP contribution in [0.1, 0.15) is 22.8 Å². The summed E-state index contributed by atoms with van der Waals surface area (Å²) in [5.74, 6) is 0.311. The lowest BCUT2D eigenvalue weighted by Crippen LogP contribution is -2.17. The van der Waals surface area contributed by atoms with Gasteiger partial charge in [-0.1, -0.05) is 11.6 Å². The van der Waals surface area contributed by atoms with E-state index in [4.69, 9.17) is 21.1 Å². The Morgan fingerprint density at radius 2 is 2.12 bits per heavy atom. The number of amides is 1. The minimum absolute atomic E-state index is 0.0871. The van der Waals surface area contributed by atoms with Crippen molar-refractivity contribution in [2.45, 2.75) is 6.92 Å². The normalized spacial score (nSPS) is 10.6. The molecule has 0 saturated carbocycles. The number of benzene rings is 2. The van der Waals surface area contributed by atoms with Gasteiger partial charge in [-0.2, -0.15) is 5.10 Å². The summed E-state index contributed by atoms with van der Waals surface area (Å²) in [4.78, 5) is 12.0. The molecule has 2 aromatic carbocycles. The number of rotatable bonds is 6. The zero-order chi connectivity index (χ0) is 17.5. The third kappa shape index (κ3) is 4.39. The number of hydrogen-bond acceptors (Lipinski definition) is 5. The van der Waals surface area contributed by atoms with Gasteiger partial charge in [0, 0.05) is 16.7 Å². The summed E-state index contributed by atoms with van der Waals surface area (Å²) in [6.07, 6.45) is 1.43. The Labute approximate surface area is 144 Å². The zero-order valence-electron chi connectivity index (χ0n) is 13.2. The molecule has 0 aliphatic heterocycles. The number of hydrogen-bond donors (Lipinski definition) is 2. The first-order valence-corrected chi connectivity index (χ1v) is 7.55. The van der Waals surface area contributed by atoms with Crippen molar-refractivity contribution >= 4 is 23.7 Å². The number of halogens is 1. The summed E-state index contributed by atoms with van der Waals surface area (Å²) in [5, 5.41) is 14.2. The molecule has 2 rings (SSSR count). The van der Waals surface area contributed by atoms with Crippen LogP contribution in [0.2, 0.25) is 5.02 Å². The van der Waals surface area contributed by atoms with Gasteiger partial charge in [-0.25, -0.2) is 5.43 Å². The molecule has 0 aliphatic rings. The van der Waals surface area contributed by atoms with Crippen molar-refractivity contribution in [3.8, 4) is 17.2 Å². The van der Waals surface area contributed by atoms with Crippen molar-refractivity contribution in [3.05, 3.63) is 52.5 Å². The maximum absolute atomic E-state index is 12.0. The molecule has 0 saturated heterocycles. The van der Waals surface area contributed by atoms with Crippen LogP contribution in [0.15, 0.2) is 41.5 Å². The van der Waals surface area contributed by atoms with Crippen molar-refractivity contribution < 1.29 is 19.4 Å². The number of phenolic OH excluding ortho intramolecular Hbond substituents is 1. The molecule has 0 aliphatic carbocycles. The lowest BCUT2D eigenvalue weighted by molar-refractivity contribution is 0.0952. The third-order valence-corrected chi connectivity index (χ3v) is 3.33. The second kappa shape index (κ2) is 8.21. The van der Waals surface area contributed by atoms with Crippen LogP contribution in [0.25, 0.3) is 0 Å². The second-order valence-corrected chi connectivity index (χ2v) is 5.13. The molecule has 126 valence electrons. The lowest BCUT2D eigenvalue weighted by Gasteiger charge is -2.07. The first-order valence-electron chi connectivity index (χ1n) is 7.18. The SMILES string of the molecule is CCOc1ccc(Cl)cc1/C=N\NC(=O)c1ccc(OC)cc1O. The van der Waals surface area contributed by atoms with Crippen LogP contribution in [0, 0.1) is 0 Å². The molecule has 1 amide bonds. The van der Waals surface area contributed by atoms with E-state index >= 15 is 0 Å². The summed E-state index contributed by atoms with van der Waals surface area (Å²) in [5.41, 5.74) is 3.06. The van der Waals surface area contributed by atoms with E-state index in [2.05, 4.69) is 10.5 Å². The fourth-order valence-electron chi connectivity index (χ4n) is 1.96. The number of carbonyl (C=O) groups is 1. The van der Waals surface area contributed by atoms with Crippen LogP contribution in [0.4, 0.5) is 0 Å². The molecule has 2 N–H and O–H groups in total. The Balaban J connectivity index is 2.11. The maximum atomic E-state index is 12.0. The zero-order valence-corrected chi connectivity index (χ0v) is 14.0. The molecule has 6 nitrogen and oxygen atoms in total. The molecule has 2 aromatic rings. The van der Waals surface area contributed by atoms with E-state index in [-0.39, 0.29) is 11.3 Å². The summed E-state index contributed by atoms with van der Waals surface area (Å²) in [6, 6.07) is 9.48. The predicted molar refractivity (Wildman–Crippen MR) is 92.3 cm³/mol. The molecule has 0 atom stereocenters. The Morgan fingerprint density at radius 3 is 2.79 bits per heavy atom. The Morgan fingerprint density at radius 1 is 1.33 bits per heavy atom. The largest absolute Gasteiger partial charge is 0.507 e. The van der Waals surface area contributed by atoms with Crippen molar-refractivity contribution in [1.82, 2.24) is 5.43 Å². The number of nitrogens with zero attached hydrogens (tertiary/aromatic N) is 1. The van der Waals surface area contributed by atoms with Gasteiger partial charge in [0.25, 0.3) is 5.91 Å². The molecular weight excluding hydrogens is 332 g/mol. The van der Waals surface area contributed by atoms with E-state index in [1.807, 2.05) is 6.92 Å². The van der Waals surface area contributed by atoms with Gasteiger partial charge in [0.1, 0.15) is 17.2 Å². The quantitative estimate of drug-likeness (QED) is 0.620. The molecule has 0 heterocycles. The van der Waals surface area contributed by atoms with Gasteiger partial charge in [0.2, 0.25) is 0 Å². The van der Waals surface area contributed by atoms with Crippen LogP contribution < -0.4 is 14.9 Å². The van der Waals surface area contributed by atoms with Gasteiger partial charge in [-0.15, -0.1) is 0 Å². The summed E-state index contributed by atoms with van der Waals surface area (Å²) in [7, 11) is 1.47. The highest BCUT2D eigenvalue weighted by Gasteiger charge is 2.11. The van der Waals surface area contributed by atoms with E-state index in [1.165, 1.54) is 25.5 Å². The summed E-state index contributed by atoms with van der Waals surface area (Å²) < 4.78 is 10.4. The average molecular weight is 349 g/mol. The van der Waals surface area contributed by atoms with Crippen molar-refractivity contribution in [2.75, 3.05) is 13.7 Å². The van der Waals surface area contributed by atoms with Crippen LogP contribution in [0.5, 0.6) is 17.2 Å². The van der Waals surface area contributed by atoms with Crippen LogP contribution in [0.3, 0.4) is 0 Å². The molecule has 24 heavy (non-hydrogen) atoms. The van der Waals surface area contributed by atoms with Gasteiger partial charge < -0.3 is 14.6 Å². The molecule has 0 aromatic heterocycles. The van der Waals surface area contributed by atoms with E-state index < -0.39 is 5.91 Å². The first-order chi connectivity index (χ1) is 11.5. The Hall–Kier alpha value is -2.73. The van der Waals surface area contributed by atoms with Gasteiger partial charge in [0.15, 0.2) is 0 Å². The molecule has 7 heteroatoms. The number of ether oxygens (including phenoxy) is 2. The minimum atomic E-state index is -0.550. The second-order valence-electron chi connectivity index (χ2n) is 4.70. The van der Waals surface area contributed by atoms with Crippen LogP contribution in [-0.2, 0) is 0 Å².